The molecule has 0 fully saturated rings. The Morgan fingerprint density at radius 1 is 0.283 bits per heavy atom. The lowest BCUT2D eigenvalue weighted by Gasteiger charge is -2.19. The van der Waals surface area contributed by atoms with Crippen LogP contribution in [0, 0.1) is 0 Å². The number of aromatic nitrogens is 3. The Balaban J connectivity index is 1.26. The van der Waals surface area contributed by atoms with Crippen molar-refractivity contribution in [2.45, 2.75) is 52.4 Å². The van der Waals surface area contributed by atoms with Gasteiger partial charge in [0.25, 0.3) is 0 Å². The van der Waals surface area contributed by atoms with Crippen molar-refractivity contribution < 1.29 is 0 Å². The number of hydrogen-bond acceptors (Lipinski definition) is 0. The van der Waals surface area contributed by atoms with E-state index < -0.39 is 0 Å². The van der Waals surface area contributed by atoms with Gasteiger partial charge in [0, 0.05) is 49.4 Å². The Bertz CT molecular complexity index is 2870. The molecule has 0 atom stereocenters. The van der Waals surface area contributed by atoms with Gasteiger partial charge >= 0.3 is 0 Å². The highest BCUT2D eigenvalue weighted by Crippen LogP contribution is 2.41. The van der Waals surface area contributed by atoms with Crippen LogP contribution in [0.3, 0.4) is 0 Å². The molecule has 3 heteroatoms. The van der Waals surface area contributed by atoms with Gasteiger partial charge < -0.3 is 13.7 Å². The molecular weight excluding hydrogens is 643 g/mol. The van der Waals surface area contributed by atoms with Crippen LogP contribution in [0.4, 0.5) is 0 Å². The molecule has 0 aliphatic heterocycles. The van der Waals surface area contributed by atoms with E-state index in [0.29, 0.717) is 0 Å². The first-order valence-corrected chi connectivity index (χ1v) is 18.8. The summed E-state index contributed by atoms with van der Waals surface area (Å²) in [5.41, 5.74) is 13.6. The third-order valence-electron chi connectivity index (χ3n) is 11.3. The summed E-state index contributed by atoms with van der Waals surface area (Å²) < 4.78 is 7.32. The molecule has 53 heavy (non-hydrogen) atoms. The lowest BCUT2D eigenvalue weighted by atomic mass is 9.86. The molecule has 0 saturated heterocycles. The zero-order valence-corrected chi connectivity index (χ0v) is 31.3. The van der Waals surface area contributed by atoms with Crippen molar-refractivity contribution in [3.05, 3.63) is 163 Å². The highest BCUT2D eigenvalue weighted by atomic mass is 15.0. The Labute approximate surface area is 310 Å². The number of benzene rings is 7. The van der Waals surface area contributed by atoms with E-state index in [1.807, 2.05) is 0 Å². The van der Waals surface area contributed by atoms with Gasteiger partial charge in [0.05, 0.1) is 33.1 Å². The van der Waals surface area contributed by atoms with Gasteiger partial charge in [-0.25, -0.2) is 0 Å². The fourth-order valence-corrected chi connectivity index (χ4v) is 8.57. The van der Waals surface area contributed by atoms with Crippen LogP contribution >= 0.6 is 0 Å². The number of para-hydroxylation sites is 3. The van der Waals surface area contributed by atoms with Crippen LogP contribution in [0.15, 0.2) is 152 Å². The molecule has 3 nitrogen and oxygen atoms in total. The van der Waals surface area contributed by atoms with Gasteiger partial charge in [-0.2, -0.15) is 0 Å². The minimum atomic E-state index is 0.0680. The van der Waals surface area contributed by atoms with Crippen LogP contribution in [-0.4, -0.2) is 13.7 Å². The van der Waals surface area contributed by atoms with E-state index in [9.17, 15) is 0 Å². The molecule has 0 aliphatic rings. The van der Waals surface area contributed by atoms with E-state index in [1.54, 1.807) is 0 Å². The highest BCUT2D eigenvalue weighted by molar-refractivity contribution is 6.14. The standard InChI is InChI=1S/C50H43N3/c1-49(2,3)32-20-24-45-39(28-32)37-16-10-12-18-43(37)52(45)35-22-26-47-41(30-35)42-31-36(23-27-48(42)51(47)34-14-8-7-9-15-34)53-44-19-13-11-17-38(44)40-29-33(50(4,5)6)21-25-46(40)53/h7-31H,1-6H3. The number of fused-ring (bicyclic) bond motifs is 9. The van der Waals surface area contributed by atoms with E-state index in [4.69, 9.17) is 0 Å². The Hall–Kier alpha value is -6.06. The Morgan fingerprint density at radius 3 is 1.06 bits per heavy atom. The van der Waals surface area contributed by atoms with Crippen LogP contribution in [0.2, 0.25) is 0 Å². The molecule has 0 N–H and O–H groups in total. The summed E-state index contributed by atoms with van der Waals surface area (Å²) in [5.74, 6) is 0. The molecule has 0 saturated carbocycles. The average Bonchev–Trinajstić information content (AvgIpc) is 3.79. The predicted molar refractivity (Wildman–Crippen MR) is 227 cm³/mol. The van der Waals surface area contributed by atoms with Crippen LogP contribution in [0.25, 0.3) is 82.5 Å². The summed E-state index contributed by atoms with van der Waals surface area (Å²) in [6.07, 6.45) is 0. The number of hydrogen-bond donors (Lipinski definition) is 0. The van der Waals surface area contributed by atoms with Gasteiger partial charge in [0.1, 0.15) is 0 Å². The summed E-state index contributed by atoms with van der Waals surface area (Å²) >= 11 is 0. The average molecular weight is 686 g/mol. The van der Waals surface area contributed by atoms with Crippen molar-refractivity contribution in [3.63, 3.8) is 0 Å². The molecule has 0 spiro atoms. The van der Waals surface area contributed by atoms with Crippen molar-refractivity contribution in [1.29, 1.82) is 0 Å². The third-order valence-corrected chi connectivity index (χ3v) is 11.3. The molecule has 10 rings (SSSR count). The minimum absolute atomic E-state index is 0.0680. The SMILES string of the molecule is CC(C)(C)c1ccc2c(c1)c1ccccc1n2-c1ccc2c(c1)c1cc(-n3c4ccccc4c4cc(C(C)(C)C)ccc43)ccc1n2-c1ccccc1. The maximum atomic E-state index is 2.45. The molecule has 0 amide bonds. The van der Waals surface area contributed by atoms with E-state index in [1.165, 1.54) is 76.5 Å². The quantitative estimate of drug-likeness (QED) is 0.176. The first-order chi connectivity index (χ1) is 25.6. The molecular formula is C50H43N3. The van der Waals surface area contributed by atoms with Gasteiger partial charge in [-0.05, 0) is 107 Å². The van der Waals surface area contributed by atoms with Crippen LogP contribution in [0.1, 0.15) is 52.7 Å². The largest absolute Gasteiger partial charge is 0.309 e. The topological polar surface area (TPSA) is 14.8 Å². The fourth-order valence-electron chi connectivity index (χ4n) is 8.57. The molecule has 0 aliphatic carbocycles. The summed E-state index contributed by atoms with van der Waals surface area (Å²) in [4.78, 5) is 0. The molecule has 3 aromatic heterocycles. The smallest absolute Gasteiger partial charge is 0.0542 e. The van der Waals surface area contributed by atoms with Crippen LogP contribution in [-0.2, 0) is 10.8 Å². The van der Waals surface area contributed by atoms with E-state index in [0.717, 1.165) is 17.1 Å². The first-order valence-electron chi connectivity index (χ1n) is 18.8. The second kappa shape index (κ2) is 11.2. The summed E-state index contributed by atoms with van der Waals surface area (Å²) in [5, 5.41) is 7.62. The zero-order valence-electron chi connectivity index (χ0n) is 31.3. The van der Waals surface area contributed by atoms with E-state index in [-0.39, 0.29) is 10.8 Å². The normalized spacial score (nSPS) is 12.7. The molecule has 10 aromatic rings. The lowest BCUT2D eigenvalue weighted by molar-refractivity contribution is 0.591. The maximum Gasteiger partial charge on any atom is 0.0542 e. The predicted octanol–water partition coefficient (Wildman–Crippen LogP) is 13.6. The van der Waals surface area contributed by atoms with E-state index in [2.05, 4.69) is 207 Å². The van der Waals surface area contributed by atoms with Crippen molar-refractivity contribution in [1.82, 2.24) is 13.7 Å². The highest BCUT2D eigenvalue weighted by Gasteiger charge is 2.22. The first kappa shape index (κ1) is 31.7. The fraction of sp³-hybridized carbons (Fsp3) is 0.160. The van der Waals surface area contributed by atoms with Crippen molar-refractivity contribution in [2.24, 2.45) is 0 Å². The second-order valence-electron chi connectivity index (χ2n) is 16.7. The van der Waals surface area contributed by atoms with Gasteiger partial charge in [-0.1, -0.05) is 108 Å². The monoisotopic (exact) mass is 685 g/mol. The Kier molecular flexibility index (Phi) is 6.70. The third kappa shape index (κ3) is 4.80. The van der Waals surface area contributed by atoms with Crippen molar-refractivity contribution in [3.8, 4) is 17.1 Å². The Morgan fingerprint density at radius 2 is 0.623 bits per heavy atom. The molecule has 0 bridgehead atoms. The second-order valence-corrected chi connectivity index (χ2v) is 16.7. The van der Waals surface area contributed by atoms with Crippen LogP contribution in [0.5, 0.6) is 0 Å². The van der Waals surface area contributed by atoms with Crippen molar-refractivity contribution in [2.75, 3.05) is 0 Å². The molecule has 3 heterocycles. The maximum absolute atomic E-state index is 2.45. The van der Waals surface area contributed by atoms with Gasteiger partial charge in [-0.3, -0.25) is 0 Å². The number of nitrogens with zero attached hydrogens (tertiary/aromatic N) is 3. The summed E-state index contributed by atoms with van der Waals surface area (Å²) in [7, 11) is 0. The number of rotatable bonds is 3. The summed E-state index contributed by atoms with van der Waals surface area (Å²) in [6, 6.07) is 56.5. The van der Waals surface area contributed by atoms with E-state index >= 15 is 0 Å². The van der Waals surface area contributed by atoms with Gasteiger partial charge in [0.15, 0.2) is 0 Å². The molecule has 0 radical (unpaired) electrons. The van der Waals surface area contributed by atoms with Crippen LogP contribution < -0.4 is 0 Å². The molecule has 258 valence electrons. The minimum Gasteiger partial charge on any atom is -0.309 e. The molecule has 0 unspecified atom stereocenters. The summed E-state index contributed by atoms with van der Waals surface area (Å²) in [6.45, 7) is 13.8. The zero-order chi connectivity index (χ0) is 36.2. The lowest BCUT2D eigenvalue weighted by Crippen LogP contribution is -2.10. The van der Waals surface area contributed by atoms with Gasteiger partial charge in [-0.15, -0.1) is 0 Å². The van der Waals surface area contributed by atoms with Gasteiger partial charge in [0.2, 0.25) is 0 Å². The molecule has 7 aromatic carbocycles. The van der Waals surface area contributed by atoms with Crippen molar-refractivity contribution >= 4 is 65.4 Å².